The summed E-state index contributed by atoms with van der Waals surface area (Å²) >= 11 is 0. The Morgan fingerprint density at radius 3 is 2.65 bits per heavy atom. The first-order chi connectivity index (χ1) is 9.74. The van der Waals surface area contributed by atoms with Crippen molar-refractivity contribution in [3.8, 4) is 0 Å². The van der Waals surface area contributed by atoms with Gasteiger partial charge in [-0.25, -0.2) is 0 Å². The van der Waals surface area contributed by atoms with Gasteiger partial charge in [0, 0.05) is 19.5 Å². The number of rotatable bonds is 7. The molecule has 0 aliphatic carbocycles. The number of carbonyl (C=O) groups is 1. The van der Waals surface area contributed by atoms with E-state index < -0.39 is 0 Å². The zero-order chi connectivity index (χ0) is 14.2. The second-order valence-electron chi connectivity index (χ2n) is 4.77. The quantitative estimate of drug-likeness (QED) is 0.761. The zero-order valence-corrected chi connectivity index (χ0v) is 11.7. The number of nitrogens with one attached hydrogen (secondary N) is 2. The van der Waals surface area contributed by atoms with E-state index in [1.54, 1.807) is 6.26 Å². The predicted octanol–water partition coefficient (Wildman–Crippen LogP) is 2.38. The van der Waals surface area contributed by atoms with Gasteiger partial charge in [0.25, 0.3) is 0 Å². The highest BCUT2D eigenvalue weighted by molar-refractivity contribution is 5.75. The van der Waals surface area contributed by atoms with Crippen molar-refractivity contribution in [2.45, 2.75) is 26.4 Å². The molecule has 0 radical (unpaired) electrons. The van der Waals surface area contributed by atoms with Gasteiger partial charge in [0.2, 0.25) is 5.91 Å². The van der Waals surface area contributed by atoms with Crippen LogP contribution in [0.1, 0.15) is 23.3 Å². The second kappa shape index (κ2) is 7.50. The molecule has 2 N–H and O–H groups in total. The molecule has 0 bridgehead atoms. The van der Waals surface area contributed by atoms with Crippen LogP contribution in [0.15, 0.2) is 47.1 Å². The maximum Gasteiger partial charge on any atom is 0.221 e. The molecule has 4 nitrogen and oxygen atoms in total. The molecule has 2 rings (SSSR count). The standard InChI is InChI=1S/C16H20N2O2/c1-13-4-6-14(7-5-13)11-17-9-8-16(19)18-12-15-3-2-10-20-15/h2-7,10,17H,8-9,11-12H2,1H3,(H,18,19). The molecule has 20 heavy (non-hydrogen) atoms. The van der Waals surface area contributed by atoms with Crippen molar-refractivity contribution in [3.63, 3.8) is 0 Å². The van der Waals surface area contributed by atoms with Crippen LogP contribution < -0.4 is 10.6 Å². The molecule has 4 heteroatoms. The Bertz CT molecular complexity index is 518. The summed E-state index contributed by atoms with van der Waals surface area (Å²) in [6.07, 6.45) is 2.07. The number of hydrogen-bond donors (Lipinski definition) is 2. The molecule has 0 spiro atoms. The molecule has 0 aliphatic heterocycles. The lowest BCUT2D eigenvalue weighted by Crippen LogP contribution is -2.27. The van der Waals surface area contributed by atoms with E-state index in [2.05, 4.69) is 41.8 Å². The fourth-order valence-corrected chi connectivity index (χ4v) is 1.83. The maximum atomic E-state index is 11.6. The summed E-state index contributed by atoms with van der Waals surface area (Å²) in [4.78, 5) is 11.6. The highest BCUT2D eigenvalue weighted by atomic mass is 16.3. The minimum atomic E-state index is 0.0257. The largest absolute Gasteiger partial charge is 0.467 e. The van der Waals surface area contributed by atoms with Crippen molar-refractivity contribution in [1.82, 2.24) is 10.6 Å². The summed E-state index contributed by atoms with van der Waals surface area (Å²) < 4.78 is 5.15. The van der Waals surface area contributed by atoms with Crippen molar-refractivity contribution in [3.05, 3.63) is 59.5 Å². The van der Waals surface area contributed by atoms with E-state index in [1.165, 1.54) is 11.1 Å². The number of hydrogen-bond acceptors (Lipinski definition) is 3. The van der Waals surface area contributed by atoms with Crippen LogP contribution in [0.3, 0.4) is 0 Å². The van der Waals surface area contributed by atoms with E-state index in [9.17, 15) is 4.79 Å². The van der Waals surface area contributed by atoms with Crippen LogP contribution in [0.2, 0.25) is 0 Å². The van der Waals surface area contributed by atoms with Gasteiger partial charge in [-0.15, -0.1) is 0 Å². The first-order valence-electron chi connectivity index (χ1n) is 6.79. The van der Waals surface area contributed by atoms with Crippen LogP contribution in [0.5, 0.6) is 0 Å². The third-order valence-electron chi connectivity index (χ3n) is 3.02. The van der Waals surface area contributed by atoms with E-state index >= 15 is 0 Å². The van der Waals surface area contributed by atoms with Crippen molar-refractivity contribution in [2.75, 3.05) is 6.54 Å². The topological polar surface area (TPSA) is 54.3 Å². The summed E-state index contributed by atoms with van der Waals surface area (Å²) in [6, 6.07) is 12.0. The smallest absolute Gasteiger partial charge is 0.221 e. The summed E-state index contributed by atoms with van der Waals surface area (Å²) in [7, 11) is 0. The highest BCUT2D eigenvalue weighted by Crippen LogP contribution is 2.02. The Morgan fingerprint density at radius 1 is 1.15 bits per heavy atom. The molecular weight excluding hydrogens is 252 g/mol. The molecule has 1 aromatic carbocycles. The van der Waals surface area contributed by atoms with Gasteiger partial charge in [-0.1, -0.05) is 29.8 Å². The van der Waals surface area contributed by atoms with Gasteiger partial charge in [0.05, 0.1) is 12.8 Å². The molecule has 106 valence electrons. The molecule has 1 heterocycles. The Hall–Kier alpha value is -2.07. The number of benzene rings is 1. The lowest BCUT2D eigenvalue weighted by molar-refractivity contribution is -0.121. The molecule has 0 unspecified atom stereocenters. The van der Waals surface area contributed by atoms with E-state index in [0.29, 0.717) is 19.5 Å². The Labute approximate surface area is 119 Å². The molecular formula is C16H20N2O2. The van der Waals surface area contributed by atoms with Crippen molar-refractivity contribution in [2.24, 2.45) is 0 Å². The molecule has 1 amide bonds. The molecule has 1 aromatic heterocycles. The van der Waals surface area contributed by atoms with Crippen molar-refractivity contribution >= 4 is 5.91 Å². The number of carbonyl (C=O) groups excluding carboxylic acids is 1. The first kappa shape index (κ1) is 14.3. The van der Waals surface area contributed by atoms with Crippen molar-refractivity contribution in [1.29, 1.82) is 0 Å². The molecule has 0 saturated heterocycles. The monoisotopic (exact) mass is 272 g/mol. The second-order valence-corrected chi connectivity index (χ2v) is 4.77. The van der Waals surface area contributed by atoms with Gasteiger partial charge in [0.15, 0.2) is 0 Å². The van der Waals surface area contributed by atoms with Gasteiger partial charge in [-0.3, -0.25) is 4.79 Å². The average molecular weight is 272 g/mol. The first-order valence-corrected chi connectivity index (χ1v) is 6.79. The van der Waals surface area contributed by atoms with E-state index in [0.717, 1.165) is 12.3 Å². The lowest BCUT2D eigenvalue weighted by atomic mass is 10.1. The van der Waals surface area contributed by atoms with Crippen LogP contribution in [-0.2, 0) is 17.9 Å². The summed E-state index contributed by atoms with van der Waals surface area (Å²) in [5.74, 6) is 0.795. The Balaban J connectivity index is 1.58. The van der Waals surface area contributed by atoms with Gasteiger partial charge in [-0.05, 0) is 24.6 Å². The minimum absolute atomic E-state index is 0.0257. The number of aryl methyl sites for hydroxylation is 1. The lowest BCUT2D eigenvalue weighted by Gasteiger charge is -2.06. The average Bonchev–Trinajstić information content (AvgIpc) is 2.96. The molecule has 0 fully saturated rings. The van der Waals surface area contributed by atoms with Gasteiger partial charge >= 0.3 is 0 Å². The maximum absolute atomic E-state index is 11.6. The van der Waals surface area contributed by atoms with Crippen LogP contribution >= 0.6 is 0 Å². The van der Waals surface area contributed by atoms with E-state index in [-0.39, 0.29) is 5.91 Å². The summed E-state index contributed by atoms with van der Waals surface area (Å²) in [6.45, 7) is 3.97. The van der Waals surface area contributed by atoms with E-state index in [1.807, 2.05) is 12.1 Å². The number of amides is 1. The van der Waals surface area contributed by atoms with Crippen LogP contribution in [0.25, 0.3) is 0 Å². The van der Waals surface area contributed by atoms with Crippen LogP contribution in [0.4, 0.5) is 0 Å². The van der Waals surface area contributed by atoms with Crippen LogP contribution in [-0.4, -0.2) is 12.5 Å². The third kappa shape index (κ3) is 4.90. The Kier molecular flexibility index (Phi) is 5.38. The summed E-state index contributed by atoms with van der Waals surface area (Å²) in [5, 5.41) is 6.08. The van der Waals surface area contributed by atoms with Gasteiger partial charge in [-0.2, -0.15) is 0 Å². The Morgan fingerprint density at radius 2 is 1.95 bits per heavy atom. The normalized spacial score (nSPS) is 10.4. The summed E-state index contributed by atoms with van der Waals surface area (Å²) in [5.41, 5.74) is 2.48. The number of furan rings is 1. The van der Waals surface area contributed by atoms with Crippen LogP contribution in [0, 0.1) is 6.92 Å². The predicted molar refractivity (Wildman–Crippen MR) is 78.1 cm³/mol. The van der Waals surface area contributed by atoms with Crippen molar-refractivity contribution < 1.29 is 9.21 Å². The van der Waals surface area contributed by atoms with Gasteiger partial charge in [0.1, 0.15) is 5.76 Å². The molecule has 2 aromatic rings. The fourth-order valence-electron chi connectivity index (χ4n) is 1.83. The van der Waals surface area contributed by atoms with Gasteiger partial charge < -0.3 is 15.1 Å². The third-order valence-corrected chi connectivity index (χ3v) is 3.02. The fraction of sp³-hybridized carbons (Fsp3) is 0.312. The SMILES string of the molecule is Cc1ccc(CNCCC(=O)NCc2ccco2)cc1. The molecule has 0 atom stereocenters. The van der Waals surface area contributed by atoms with E-state index in [4.69, 9.17) is 4.42 Å². The highest BCUT2D eigenvalue weighted by Gasteiger charge is 2.02. The zero-order valence-electron chi connectivity index (χ0n) is 11.7. The minimum Gasteiger partial charge on any atom is -0.467 e. The molecule has 0 saturated carbocycles. The molecule has 0 aliphatic rings.